The molecule has 0 aliphatic carbocycles. The Morgan fingerprint density at radius 1 is 0.639 bits per heavy atom. The number of rotatable bonds is 9. The third kappa shape index (κ3) is 13.3. The Hall–Kier alpha value is -5.80. The molecule has 1 N–H and O–H groups in total. The molecule has 4 aromatic carbocycles. The summed E-state index contributed by atoms with van der Waals surface area (Å²) in [5, 5.41) is 19.8. The van der Waals surface area contributed by atoms with Crippen LogP contribution in [0.2, 0.25) is 0 Å². The Kier molecular flexibility index (Phi) is 14.5. The molecule has 8 aromatic rings. The molecule has 61 heavy (non-hydrogen) atoms. The van der Waals surface area contributed by atoms with E-state index in [0.29, 0.717) is 63.9 Å². The van der Waals surface area contributed by atoms with Crippen LogP contribution < -0.4 is 9.47 Å². The van der Waals surface area contributed by atoms with Crippen molar-refractivity contribution in [1.29, 1.82) is 0 Å². The molecular weight excluding hydrogens is 1010 g/mol. The molecule has 4 heterocycles. The second kappa shape index (κ2) is 19.7. The van der Waals surface area contributed by atoms with Gasteiger partial charge >= 0.3 is 12.7 Å². The van der Waals surface area contributed by atoms with Crippen molar-refractivity contribution < 1.29 is 44.9 Å². The molecule has 0 bridgehead atoms. The van der Waals surface area contributed by atoms with Crippen LogP contribution in [0.1, 0.15) is 22.8 Å². The van der Waals surface area contributed by atoms with Crippen molar-refractivity contribution in [2.24, 2.45) is 0 Å². The van der Waals surface area contributed by atoms with E-state index in [1.165, 1.54) is 54.1 Å². The Labute approximate surface area is 367 Å². The highest BCUT2D eigenvalue weighted by molar-refractivity contribution is 9.10. The highest BCUT2D eigenvalue weighted by atomic mass is 79.9. The molecule has 0 saturated heterocycles. The van der Waals surface area contributed by atoms with Crippen LogP contribution in [0.25, 0.3) is 45.7 Å². The van der Waals surface area contributed by atoms with E-state index in [9.17, 15) is 26.3 Å². The molecule has 316 valence electrons. The van der Waals surface area contributed by atoms with E-state index in [1.54, 1.807) is 23.7 Å². The molecular formula is C40H29Br3F6N8O4. The monoisotopic (exact) mass is 1040 g/mol. The first-order chi connectivity index (χ1) is 29.0. The lowest BCUT2D eigenvalue weighted by atomic mass is 10.1. The van der Waals surface area contributed by atoms with Gasteiger partial charge in [-0.3, -0.25) is 5.10 Å². The van der Waals surface area contributed by atoms with Crippen molar-refractivity contribution in [3.05, 3.63) is 141 Å². The van der Waals surface area contributed by atoms with Gasteiger partial charge in [-0.15, -0.1) is 36.5 Å². The number of aromatic amines is 1. The first kappa shape index (κ1) is 44.7. The average molecular weight is 1040 g/mol. The van der Waals surface area contributed by atoms with Crippen LogP contribution >= 0.6 is 47.8 Å². The minimum absolute atomic E-state index is 0.301. The molecule has 0 aliphatic heterocycles. The number of nitrogens with zero attached hydrogens (tertiary/aromatic N) is 7. The first-order valence-electron chi connectivity index (χ1n) is 17.5. The zero-order valence-electron chi connectivity index (χ0n) is 31.5. The SMILES string of the molecule is BrCc1cccc(Br)c1.Cc1nc(-c2cc(-c3ccc(OC(F)(F)F)cc3)no2)n[nH]1.Cc1nc(-c2cc(-c3ccc(OC(F)(F)F)cc3)no2)nn1Cc1cccc(Br)c1. The van der Waals surface area contributed by atoms with Crippen molar-refractivity contribution in [3.63, 3.8) is 0 Å². The Bertz CT molecular complexity index is 2660. The zero-order chi connectivity index (χ0) is 43.7. The van der Waals surface area contributed by atoms with E-state index in [1.807, 2.05) is 43.3 Å². The number of alkyl halides is 7. The normalized spacial score (nSPS) is 11.3. The van der Waals surface area contributed by atoms with Crippen LogP contribution in [0.5, 0.6) is 11.5 Å². The number of aromatic nitrogens is 8. The van der Waals surface area contributed by atoms with Gasteiger partial charge in [0.2, 0.25) is 23.2 Å². The van der Waals surface area contributed by atoms with Crippen LogP contribution in [0.15, 0.2) is 127 Å². The van der Waals surface area contributed by atoms with Gasteiger partial charge in [0, 0.05) is 37.5 Å². The van der Waals surface area contributed by atoms with E-state index in [0.717, 1.165) is 19.8 Å². The average Bonchev–Trinajstić information content (AvgIpc) is 4.03. The van der Waals surface area contributed by atoms with E-state index in [2.05, 4.69) is 105 Å². The van der Waals surface area contributed by atoms with Crippen molar-refractivity contribution >= 4 is 47.8 Å². The highest BCUT2D eigenvalue weighted by Crippen LogP contribution is 2.30. The third-order valence-electron chi connectivity index (χ3n) is 7.95. The van der Waals surface area contributed by atoms with Gasteiger partial charge in [0.1, 0.15) is 34.5 Å². The Morgan fingerprint density at radius 2 is 1.13 bits per heavy atom. The maximum absolute atomic E-state index is 12.3. The summed E-state index contributed by atoms with van der Waals surface area (Å²) < 4.78 is 95.1. The van der Waals surface area contributed by atoms with Crippen LogP contribution in [0.3, 0.4) is 0 Å². The maximum Gasteiger partial charge on any atom is 0.573 e. The van der Waals surface area contributed by atoms with Gasteiger partial charge < -0.3 is 18.5 Å². The summed E-state index contributed by atoms with van der Waals surface area (Å²) in [5.74, 6) is 2.17. The number of aryl methyl sites for hydroxylation is 2. The molecule has 4 aromatic heterocycles. The molecule has 0 saturated carbocycles. The summed E-state index contributed by atoms with van der Waals surface area (Å²) in [4.78, 5) is 8.52. The molecule has 0 aliphatic rings. The molecule has 12 nitrogen and oxygen atoms in total. The fourth-order valence-electron chi connectivity index (χ4n) is 5.24. The van der Waals surface area contributed by atoms with Crippen molar-refractivity contribution in [2.75, 3.05) is 0 Å². The number of hydrogen-bond donors (Lipinski definition) is 1. The fourth-order valence-corrected chi connectivity index (χ4v) is 6.49. The van der Waals surface area contributed by atoms with Gasteiger partial charge in [-0.2, -0.15) is 0 Å². The number of benzene rings is 4. The fraction of sp³-hybridized carbons (Fsp3) is 0.150. The Balaban J connectivity index is 0.000000175. The van der Waals surface area contributed by atoms with Crippen LogP contribution in [0.4, 0.5) is 26.3 Å². The lowest BCUT2D eigenvalue weighted by Crippen LogP contribution is -2.16. The lowest BCUT2D eigenvalue weighted by molar-refractivity contribution is -0.275. The molecule has 0 unspecified atom stereocenters. The first-order valence-corrected chi connectivity index (χ1v) is 20.2. The molecule has 0 spiro atoms. The van der Waals surface area contributed by atoms with Gasteiger partial charge in [-0.05, 0) is 97.8 Å². The molecule has 0 atom stereocenters. The third-order valence-corrected chi connectivity index (χ3v) is 9.58. The number of H-pyrrole nitrogens is 1. The minimum atomic E-state index is -4.74. The number of ether oxygens (including phenoxy) is 2. The summed E-state index contributed by atoms with van der Waals surface area (Å²) >= 11 is 10.2. The van der Waals surface area contributed by atoms with E-state index < -0.39 is 12.7 Å². The standard InChI is InChI=1S/C20H14BrF3N4O2.C13H9F3N4O2.C7H6Br2/c1-12-25-19(26-28(12)11-13-3-2-4-15(21)9-13)18-10-17(27-30-18)14-5-7-16(8-6-14)29-20(22,23)24;1-7-17-12(19-18-7)11-6-10(20-22-11)8-2-4-9(5-3-8)21-13(14,15)16;8-5-6-2-1-3-7(9)4-6/h2-10H,11H2,1H3;2-6H,1H3,(H,17,18,19);1-4H,5H2. The number of hydrogen-bond acceptors (Lipinski definition) is 10. The second-order valence-electron chi connectivity index (χ2n) is 12.6. The van der Waals surface area contributed by atoms with Crippen LogP contribution in [-0.4, -0.2) is 53.0 Å². The topological polar surface area (TPSA) is 143 Å². The van der Waals surface area contributed by atoms with Crippen molar-refractivity contribution in [3.8, 4) is 57.2 Å². The maximum atomic E-state index is 12.3. The van der Waals surface area contributed by atoms with Gasteiger partial charge in [-0.1, -0.05) is 82.4 Å². The second-order valence-corrected chi connectivity index (χ2v) is 15.0. The van der Waals surface area contributed by atoms with Gasteiger partial charge in [0.15, 0.2) is 0 Å². The summed E-state index contributed by atoms with van der Waals surface area (Å²) in [6.07, 6.45) is -9.45. The van der Waals surface area contributed by atoms with Gasteiger partial charge in [0.25, 0.3) is 0 Å². The van der Waals surface area contributed by atoms with E-state index in [4.69, 9.17) is 9.05 Å². The van der Waals surface area contributed by atoms with E-state index >= 15 is 0 Å². The predicted molar refractivity (Wildman–Crippen MR) is 221 cm³/mol. The van der Waals surface area contributed by atoms with Gasteiger partial charge in [-0.25, -0.2) is 14.6 Å². The quantitative estimate of drug-likeness (QED) is 0.110. The highest BCUT2D eigenvalue weighted by Gasteiger charge is 2.32. The zero-order valence-corrected chi connectivity index (χ0v) is 36.2. The summed E-state index contributed by atoms with van der Waals surface area (Å²) in [5.41, 5.74) is 4.41. The molecule has 0 radical (unpaired) electrons. The minimum Gasteiger partial charge on any atom is -0.406 e. The Morgan fingerprint density at radius 3 is 1.57 bits per heavy atom. The molecule has 0 fully saturated rings. The smallest absolute Gasteiger partial charge is 0.406 e. The molecule has 0 amide bonds. The lowest BCUT2D eigenvalue weighted by Gasteiger charge is -2.08. The van der Waals surface area contributed by atoms with Crippen molar-refractivity contribution in [2.45, 2.75) is 38.4 Å². The van der Waals surface area contributed by atoms with Crippen molar-refractivity contribution in [1.82, 2.24) is 40.3 Å². The number of nitrogens with one attached hydrogen (secondary N) is 1. The summed E-state index contributed by atoms with van der Waals surface area (Å²) in [6.45, 7) is 4.12. The van der Waals surface area contributed by atoms with Gasteiger partial charge in [0.05, 0.1) is 6.54 Å². The molecule has 8 rings (SSSR count). The molecule has 21 heteroatoms. The predicted octanol–water partition coefficient (Wildman–Crippen LogP) is 12.3. The largest absolute Gasteiger partial charge is 0.573 e. The van der Waals surface area contributed by atoms with Crippen LogP contribution in [-0.2, 0) is 11.9 Å². The summed E-state index contributed by atoms with van der Waals surface area (Å²) in [6, 6.07) is 30.0. The van der Waals surface area contributed by atoms with Crippen LogP contribution in [0, 0.1) is 13.8 Å². The summed E-state index contributed by atoms with van der Waals surface area (Å²) in [7, 11) is 0. The number of halogens is 9. The van der Waals surface area contributed by atoms with E-state index in [-0.39, 0.29) is 11.5 Å².